The number of nitrogens with zero attached hydrogens (tertiary/aromatic N) is 1. The fraction of sp³-hybridized carbons (Fsp3) is 0.571. The molecule has 1 saturated carbocycles. The van der Waals surface area contributed by atoms with E-state index in [-0.39, 0.29) is 22.6 Å². The van der Waals surface area contributed by atoms with Gasteiger partial charge in [0.1, 0.15) is 5.69 Å². The van der Waals surface area contributed by atoms with Crippen molar-refractivity contribution in [2.24, 2.45) is 10.8 Å². The van der Waals surface area contributed by atoms with Gasteiger partial charge >= 0.3 is 6.18 Å². The van der Waals surface area contributed by atoms with Gasteiger partial charge in [0, 0.05) is 12.1 Å². The maximum atomic E-state index is 12.6. The highest BCUT2D eigenvalue weighted by Crippen LogP contribution is 2.64. The van der Waals surface area contributed by atoms with Crippen molar-refractivity contribution in [3.63, 3.8) is 0 Å². The van der Waals surface area contributed by atoms with Crippen molar-refractivity contribution in [3.8, 4) is 0 Å². The zero-order valence-corrected chi connectivity index (χ0v) is 12.2. The smallest absolute Gasteiger partial charge is 0.376 e. The van der Waals surface area contributed by atoms with Gasteiger partial charge < -0.3 is 5.32 Å². The molecule has 4 nitrogen and oxygen atoms in total. The lowest BCUT2D eigenvalue weighted by atomic mass is 10.0. The van der Waals surface area contributed by atoms with E-state index >= 15 is 0 Å². The first-order valence-electron chi connectivity index (χ1n) is 6.51. The Morgan fingerprint density at radius 1 is 1.19 bits per heavy atom. The van der Waals surface area contributed by atoms with Crippen molar-refractivity contribution in [2.45, 2.75) is 39.9 Å². The van der Waals surface area contributed by atoms with Crippen molar-refractivity contribution < 1.29 is 18.1 Å². The Hall–Kier alpha value is -1.79. The number of halogens is 3. The first-order valence-corrected chi connectivity index (χ1v) is 6.51. The molecule has 1 fully saturated rings. The van der Waals surface area contributed by atoms with E-state index in [1.807, 2.05) is 27.7 Å². The second kappa shape index (κ2) is 4.35. The molecular formula is C14H17F3N2O2. The number of nitrogens with one attached hydrogen (secondary N) is 1. The minimum atomic E-state index is -4.60. The summed E-state index contributed by atoms with van der Waals surface area (Å²) in [4.78, 5) is 10.2. The maximum absolute atomic E-state index is 12.6. The topological polar surface area (TPSA) is 55.2 Å². The fourth-order valence-electron chi connectivity index (χ4n) is 2.69. The molecule has 0 bridgehead atoms. The summed E-state index contributed by atoms with van der Waals surface area (Å²) in [7, 11) is 0. The number of nitro groups is 1. The molecule has 0 saturated heterocycles. The molecule has 2 rings (SSSR count). The predicted octanol–water partition coefficient (Wildman–Crippen LogP) is 4.46. The Bertz CT molecular complexity index is 580. The second-order valence-corrected chi connectivity index (χ2v) is 6.51. The largest absolute Gasteiger partial charge is 0.416 e. The number of hydrogen-bond acceptors (Lipinski definition) is 3. The molecule has 1 aromatic rings. The van der Waals surface area contributed by atoms with Crippen LogP contribution < -0.4 is 5.32 Å². The first kappa shape index (κ1) is 15.6. The van der Waals surface area contributed by atoms with Crippen molar-refractivity contribution in [2.75, 3.05) is 5.32 Å². The monoisotopic (exact) mass is 302 g/mol. The SMILES string of the molecule is CC1(C)C(Nc2ccc(C(F)(F)F)cc2[N+](=O)[O-])C1(C)C. The van der Waals surface area contributed by atoms with Crippen LogP contribution in [0.2, 0.25) is 0 Å². The third kappa shape index (κ3) is 2.45. The molecule has 1 N–H and O–H groups in total. The van der Waals surface area contributed by atoms with Crippen LogP contribution in [0.4, 0.5) is 24.5 Å². The lowest BCUT2D eigenvalue weighted by molar-refractivity contribution is -0.384. The number of nitro benzene ring substituents is 1. The van der Waals surface area contributed by atoms with Gasteiger partial charge in [-0.1, -0.05) is 27.7 Å². The summed E-state index contributed by atoms with van der Waals surface area (Å²) in [5.74, 6) is 0. The van der Waals surface area contributed by atoms with E-state index in [0.717, 1.165) is 12.1 Å². The Kier molecular flexibility index (Phi) is 3.23. The summed E-state index contributed by atoms with van der Waals surface area (Å²) in [5.41, 5.74) is -1.61. The van der Waals surface area contributed by atoms with E-state index in [4.69, 9.17) is 0 Å². The summed E-state index contributed by atoms with van der Waals surface area (Å²) in [6.45, 7) is 8.06. The second-order valence-electron chi connectivity index (χ2n) is 6.51. The standard InChI is InChI=1S/C14H17F3N2O2/c1-12(2)11(13(12,3)4)18-9-6-5-8(14(15,16)17)7-10(9)19(20)21/h5-7,11,18H,1-4H3. The van der Waals surface area contributed by atoms with Gasteiger partial charge in [-0.2, -0.15) is 13.2 Å². The molecular weight excluding hydrogens is 285 g/mol. The molecule has 116 valence electrons. The maximum Gasteiger partial charge on any atom is 0.416 e. The van der Waals surface area contributed by atoms with Gasteiger partial charge in [-0.05, 0) is 23.0 Å². The van der Waals surface area contributed by atoms with Crippen LogP contribution in [0.5, 0.6) is 0 Å². The zero-order valence-electron chi connectivity index (χ0n) is 12.2. The molecule has 0 amide bonds. The van der Waals surface area contributed by atoms with Gasteiger partial charge in [0.25, 0.3) is 5.69 Å². The number of benzene rings is 1. The molecule has 21 heavy (non-hydrogen) atoms. The summed E-state index contributed by atoms with van der Waals surface area (Å²) < 4.78 is 37.9. The van der Waals surface area contributed by atoms with Crippen molar-refractivity contribution >= 4 is 11.4 Å². The number of rotatable bonds is 3. The molecule has 1 aromatic carbocycles. The van der Waals surface area contributed by atoms with Crippen LogP contribution in [0.25, 0.3) is 0 Å². The van der Waals surface area contributed by atoms with Gasteiger partial charge in [-0.3, -0.25) is 10.1 Å². The third-order valence-electron chi connectivity index (χ3n) is 4.84. The molecule has 0 aliphatic heterocycles. The molecule has 0 atom stereocenters. The quantitative estimate of drug-likeness (QED) is 0.662. The van der Waals surface area contributed by atoms with E-state index in [2.05, 4.69) is 5.32 Å². The third-order valence-corrected chi connectivity index (χ3v) is 4.84. The molecule has 1 aliphatic rings. The number of hydrogen-bond donors (Lipinski definition) is 1. The van der Waals surface area contributed by atoms with Crippen LogP contribution in [0.15, 0.2) is 18.2 Å². The van der Waals surface area contributed by atoms with Crippen LogP contribution in [0.1, 0.15) is 33.3 Å². The van der Waals surface area contributed by atoms with Gasteiger partial charge in [0.2, 0.25) is 0 Å². The van der Waals surface area contributed by atoms with E-state index < -0.39 is 22.4 Å². The van der Waals surface area contributed by atoms with E-state index in [1.54, 1.807) is 0 Å². The Morgan fingerprint density at radius 2 is 1.71 bits per heavy atom. The average molecular weight is 302 g/mol. The molecule has 0 radical (unpaired) electrons. The van der Waals surface area contributed by atoms with Gasteiger partial charge in [0.05, 0.1) is 10.5 Å². The normalized spacial score (nSPS) is 20.1. The number of alkyl halides is 3. The van der Waals surface area contributed by atoms with Crippen molar-refractivity contribution in [3.05, 3.63) is 33.9 Å². The molecule has 0 heterocycles. The van der Waals surface area contributed by atoms with E-state index in [1.165, 1.54) is 0 Å². The van der Waals surface area contributed by atoms with Crippen molar-refractivity contribution in [1.82, 2.24) is 0 Å². The summed E-state index contributed by atoms with van der Waals surface area (Å²) in [6, 6.07) is 2.54. The van der Waals surface area contributed by atoms with Crippen LogP contribution in [0, 0.1) is 20.9 Å². The highest BCUT2D eigenvalue weighted by atomic mass is 19.4. The fourth-order valence-corrected chi connectivity index (χ4v) is 2.69. The van der Waals surface area contributed by atoms with Crippen LogP contribution in [-0.4, -0.2) is 11.0 Å². The Morgan fingerprint density at radius 3 is 2.10 bits per heavy atom. The van der Waals surface area contributed by atoms with Crippen LogP contribution >= 0.6 is 0 Å². The Labute approximate surface area is 120 Å². The highest BCUT2D eigenvalue weighted by molar-refractivity contribution is 5.64. The minimum Gasteiger partial charge on any atom is -0.376 e. The molecule has 7 heteroatoms. The number of anilines is 1. The van der Waals surface area contributed by atoms with Crippen LogP contribution in [-0.2, 0) is 6.18 Å². The van der Waals surface area contributed by atoms with E-state index in [9.17, 15) is 23.3 Å². The highest BCUT2D eigenvalue weighted by Gasteiger charge is 2.65. The zero-order chi connectivity index (χ0) is 16.2. The van der Waals surface area contributed by atoms with Crippen molar-refractivity contribution in [1.29, 1.82) is 0 Å². The lowest BCUT2D eigenvalue weighted by Crippen LogP contribution is -2.13. The molecule has 0 aromatic heterocycles. The van der Waals surface area contributed by atoms with Gasteiger partial charge in [-0.25, -0.2) is 0 Å². The van der Waals surface area contributed by atoms with Crippen LogP contribution in [0.3, 0.4) is 0 Å². The lowest BCUT2D eigenvalue weighted by Gasteiger charge is -2.11. The Balaban J connectivity index is 2.35. The first-order chi connectivity index (χ1) is 9.39. The van der Waals surface area contributed by atoms with Gasteiger partial charge in [-0.15, -0.1) is 0 Å². The predicted molar refractivity (Wildman–Crippen MR) is 73.1 cm³/mol. The molecule has 0 spiro atoms. The molecule has 1 aliphatic carbocycles. The average Bonchev–Trinajstić information content (AvgIpc) is 2.70. The van der Waals surface area contributed by atoms with Gasteiger partial charge in [0.15, 0.2) is 0 Å². The summed E-state index contributed by atoms with van der Waals surface area (Å²) in [6.07, 6.45) is -4.60. The summed E-state index contributed by atoms with van der Waals surface area (Å²) >= 11 is 0. The summed E-state index contributed by atoms with van der Waals surface area (Å²) in [5, 5.41) is 14.0. The van der Waals surface area contributed by atoms with E-state index in [0.29, 0.717) is 6.07 Å². The minimum absolute atomic E-state index is 0.0274. The molecule has 0 unspecified atom stereocenters.